The molecule has 1 amide bonds. The molecule has 2 N–H and O–H groups in total. The molecule has 1 aliphatic rings. The number of nitrogens with one attached hydrogen (secondary N) is 1. The number of nitrogens with zero attached hydrogens (tertiary/aromatic N) is 1. The molecule has 0 saturated carbocycles. The Bertz CT molecular complexity index is 678. The summed E-state index contributed by atoms with van der Waals surface area (Å²) in [6, 6.07) is 9.70. The highest BCUT2D eigenvalue weighted by Gasteiger charge is 2.29. The van der Waals surface area contributed by atoms with Crippen molar-refractivity contribution in [2.45, 2.75) is 12.8 Å². The van der Waals surface area contributed by atoms with E-state index in [1.165, 1.54) is 0 Å². The fraction of sp³-hybridized carbons (Fsp3) is 0.294. The van der Waals surface area contributed by atoms with Crippen LogP contribution in [-0.4, -0.2) is 40.0 Å². The van der Waals surface area contributed by atoms with Gasteiger partial charge in [-0.05, 0) is 18.4 Å². The number of hydrogen-bond acceptors (Lipinski definition) is 2. The molecule has 1 aromatic carbocycles. The zero-order valence-corrected chi connectivity index (χ0v) is 12.2. The summed E-state index contributed by atoms with van der Waals surface area (Å²) in [7, 11) is 0. The molecule has 3 rings (SSSR count). The monoisotopic (exact) mass is 298 g/mol. The Morgan fingerprint density at radius 3 is 2.68 bits per heavy atom. The number of carboxylic acids is 1. The number of aliphatic carboxylic acids is 1. The van der Waals surface area contributed by atoms with Gasteiger partial charge in [0, 0.05) is 31.0 Å². The summed E-state index contributed by atoms with van der Waals surface area (Å²) in [6.07, 6.45) is 4.86. The van der Waals surface area contributed by atoms with Crippen LogP contribution in [0.4, 0.5) is 0 Å². The van der Waals surface area contributed by atoms with Gasteiger partial charge in [0.1, 0.15) is 0 Å². The van der Waals surface area contributed by atoms with Crippen molar-refractivity contribution >= 4 is 11.9 Å². The standard InChI is InChI=1S/C17H18N2O3/c20-16(19-8-4-7-13(11-19)17(21)22)15-10-18-9-14(15)12-5-2-1-3-6-12/h1-3,5-6,9-10,13,18H,4,7-8,11H2,(H,21,22)/t13-/m0/s1. The topological polar surface area (TPSA) is 73.4 Å². The smallest absolute Gasteiger partial charge is 0.308 e. The molecule has 1 atom stereocenters. The minimum atomic E-state index is -0.824. The molecule has 2 heterocycles. The van der Waals surface area contributed by atoms with E-state index in [1.807, 2.05) is 30.3 Å². The average Bonchev–Trinajstić information content (AvgIpc) is 3.04. The maximum Gasteiger partial charge on any atom is 0.308 e. The van der Waals surface area contributed by atoms with Crippen LogP contribution in [0.5, 0.6) is 0 Å². The lowest BCUT2D eigenvalue weighted by atomic mass is 9.97. The molecule has 1 fully saturated rings. The van der Waals surface area contributed by atoms with Crippen LogP contribution < -0.4 is 0 Å². The third-order valence-electron chi connectivity index (χ3n) is 4.12. The number of piperidine rings is 1. The quantitative estimate of drug-likeness (QED) is 0.914. The Morgan fingerprint density at radius 1 is 1.18 bits per heavy atom. The Balaban J connectivity index is 1.84. The molecular formula is C17H18N2O3. The maximum atomic E-state index is 12.7. The van der Waals surface area contributed by atoms with Crippen LogP contribution in [0.25, 0.3) is 11.1 Å². The van der Waals surface area contributed by atoms with E-state index in [9.17, 15) is 9.59 Å². The van der Waals surface area contributed by atoms with Gasteiger partial charge in [-0.25, -0.2) is 0 Å². The second-order valence-electron chi connectivity index (χ2n) is 5.58. The van der Waals surface area contributed by atoms with Gasteiger partial charge in [-0.1, -0.05) is 30.3 Å². The molecule has 0 unspecified atom stereocenters. The third-order valence-corrected chi connectivity index (χ3v) is 4.12. The number of carboxylic acid groups (broad SMARTS) is 1. The van der Waals surface area contributed by atoms with Crippen molar-refractivity contribution in [2.75, 3.05) is 13.1 Å². The molecule has 0 spiro atoms. The first-order chi connectivity index (χ1) is 10.7. The number of aromatic amines is 1. The predicted octanol–water partition coefficient (Wildman–Crippen LogP) is 2.62. The van der Waals surface area contributed by atoms with Gasteiger partial charge >= 0.3 is 5.97 Å². The molecule has 0 radical (unpaired) electrons. The van der Waals surface area contributed by atoms with Crippen LogP contribution >= 0.6 is 0 Å². The zero-order valence-electron chi connectivity index (χ0n) is 12.2. The molecule has 2 aromatic rings. The van der Waals surface area contributed by atoms with E-state index >= 15 is 0 Å². The van der Waals surface area contributed by atoms with Gasteiger partial charge in [0.15, 0.2) is 0 Å². The zero-order chi connectivity index (χ0) is 15.5. The summed E-state index contributed by atoms with van der Waals surface area (Å²) >= 11 is 0. The van der Waals surface area contributed by atoms with E-state index in [0.29, 0.717) is 18.5 Å². The van der Waals surface area contributed by atoms with Crippen molar-refractivity contribution in [2.24, 2.45) is 5.92 Å². The van der Waals surface area contributed by atoms with E-state index in [1.54, 1.807) is 17.3 Å². The van der Waals surface area contributed by atoms with Crippen molar-refractivity contribution in [1.29, 1.82) is 0 Å². The maximum absolute atomic E-state index is 12.7. The van der Waals surface area contributed by atoms with Crippen molar-refractivity contribution in [1.82, 2.24) is 9.88 Å². The van der Waals surface area contributed by atoms with E-state index in [2.05, 4.69) is 4.98 Å². The summed E-state index contributed by atoms with van der Waals surface area (Å²) < 4.78 is 0. The highest BCUT2D eigenvalue weighted by molar-refractivity contribution is 6.01. The molecular weight excluding hydrogens is 280 g/mol. The fourth-order valence-electron chi connectivity index (χ4n) is 2.93. The van der Waals surface area contributed by atoms with Gasteiger partial charge in [0.25, 0.3) is 5.91 Å². The van der Waals surface area contributed by atoms with Gasteiger partial charge in [0.05, 0.1) is 11.5 Å². The fourth-order valence-corrected chi connectivity index (χ4v) is 2.93. The van der Waals surface area contributed by atoms with Crippen LogP contribution in [0.15, 0.2) is 42.7 Å². The number of carbonyl (C=O) groups is 2. The van der Waals surface area contributed by atoms with Crippen LogP contribution in [0, 0.1) is 5.92 Å². The van der Waals surface area contributed by atoms with Crippen molar-refractivity contribution < 1.29 is 14.7 Å². The first-order valence-corrected chi connectivity index (χ1v) is 7.41. The number of rotatable bonds is 3. The molecule has 114 valence electrons. The molecule has 1 saturated heterocycles. The van der Waals surface area contributed by atoms with Gasteiger partial charge in [-0.3, -0.25) is 9.59 Å². The normalized spacial score (nSPS) is 18.2. The highest BCUT2D eigenvalue weighted by Crippen LogP contribution is 2.26. The first-order valence-electron chi connectivity index (χ1n) is 7.41. The molecule has 0 bridgehead atoms. The van der Waals surface area contributed by atoms with Crippen LogP contribution in [0.1, 0.15) is 23.2 Å². The first kappa shape index (κ1) is 14.4. The largest absolute Gasteiger partial charge is 0.481 e. The Hall–Kier alpha value is -2.56. The van der Waals surface area contributed by atoms with Crippen molar-refractivity contribution in [3.63, 3.8) is 0 Å². The van der Waals surface area contributed by atoms with Crippen molar-refractivity contribution in [3.8, 4) is 11.1 Å². The molecule has 0 aliphatic carbocycles. The van der Waals surface area contributed by atoms with E-state index in [-0.39, 0.29) is 12.5 Å². The van der Waals surface area contributed by atoms with Crippen LogP contribution in [0.3, 0.4) is 0 Å². The van der Waals surface area contributed by atoms with Crippen LogP contribution in [-0.2, 0) is 4.79 Å². The summed E-state index contributed by atoms with van der Waals surface area (Å²) in [5.74, 6) is -1.39. The summed E-state index contributed by atoms with van der Waals surface area (Å²) in [6.45, 7) is 0.898. The Labute approximate surface area is 128 Å². The number of likely N-dealkylation sites (tertiary alicyclic amines) is 1. The van der Waals surface area contributed by atoms with Gasteiger partial charge in [-0.2, -0.15) is 0 Å². The molecule has 22 heavy (non-hydrogen) atoms. The number of carbonyl (C=O) groups excluding carboxylic acids is 1. The van der Waals surface area contributed by atoms with E-state index < -0.39 is 11.9 Å². The Kier molecular flexibility index (Phi) is 3.96. The Morgan fingerprint density at radius 2 is 1.95 bits per heavy atom. The lowest BCUT2D eigenvalue weighted by Crippen LogP contribution is -2.42. The van der Waals surface area contributed by atoms with Crippen LogP contribution in [0.2, 0.25) is 0 Å². The molecule has 5 nitrogen and oxygen atoms in total. The minimum absolute atomic E-state index is 0.106. The van der Waals surface area contributed by atoms with E-state index in [4.69, 9.17) is 5.11 Å². The summed E-state index contributed by atoms with van der Waals surface area (Å²) in [5, 5.41) is 9.16. The summed E-state index contributed by atoms with van der Waals surface area (Å²) in [5.41, 5.74) is 2.42. The van der Waals surface area contributed by atoms with E-state index in [0.717, 1.165) is 17.5 Å². The third kappa shape index (κ3) is 2.74. The average molecular weight is 298 g/mol. The number of benzene rings is 1. The number of H-pyrrole nitrogens is 1. The highest BCUT2D eigenvalue weighted by atomic mass is 16.4. The number of amides is 1. The molecule has 1 aromatic heterocycles. The van der Waals surface area contributed by atoms with Gasteiger partial charge < -0.3 is 15.0 Å². The second kappa shape index (κ2) is 6.05. The number of aromatic nitrogens is 1. The van der Waals surface area contributed by atoms with Gasteiger partial charge in [-0.15, -0.1) is 0 Å². The molecule has 5 heteroatoms. The second-order valence-corrected chi connectivity index (χ2v) is 5.58. The summed E-state index contributed by atoms with van der Waals surface area (Å²) in [4.78, 5) is 28.5. The van der Waals surface area contributed by atoms with Gasteiger partial charge in [0.2, 0.25) is 0 Å². The van der Waals surface area contributed by atoms with Crippen molar-refractivity contribution in [3.05, 3.63) is 48.3 Å². The SMILES string of the molecule is O=C(O)[C@H]1CCCN(C(=O)c2c[nH]cc2-c2ccccc2)C1. The minimum Gasteiger partial charge on any atom is -0.481 e. The molecule has 1 aliphatic heterocycles. The lowest BCUT2D eigenvalue weighted by molar-refractivity contribution is -0.143. The number of hydrogen-bond donors (Lipinski definition) is 2. The lowest BCUT2D eigenvalue weighted by Gasteiger charge is -2.30. The predicted molar refractivity (Wildman–Crippen MR) is 82.5 cm³/mol.